The van der Waals surface area contributed by atoms with Crippen LogP contribution < -0.4 is 0 Å². The quantitative estimate of drug-likeness (QED) is 0.0867. The SMILES string of the molecule is C=CC(=O)OCCc1cc(CCOC(=O)C=C)cc(-c2ccc(-c3cccc(-c4ccc(COC(=O)C=C)cc4)c3)cc2)c1. The minimum Gasteiger partial charge on any atom is -0.462 e. The molecule has 222 valence electrons. The smallest absolute Gasteiger partial charge is 0.330 e. The van der Waals surface area contributed by atoms with Crippen molar-refractivity contribution >= 4 is 17.9 Å². The van der Waals surface area contributed by atoms with E-state index in [1.807, 2.05) is 36.4 Å². The Labute approximate surface area is 257 Å². The maximum Gasteiger partial charge on any atom is 0.330 e. The van der Waals surface area contributed by atoms with Crippen molar-refractivity contribution in [3.8, 4) is 33.4 Å². The summed E-state index contributed by atoms with van der Waals surface area (Å²) in [5, 5.41) is 0. The van der Waals surface area contributed by atoms with Crippen LogP contribution in [0.3, 0.4) is 0 Å². The molecule has 0 unspecified atom stereocenters. The van der Waals surface area contributed by atoms with E-state index in [0.29, 0.717) is 12.8 Å². The molecule has 44 heavy (non-hydrogen) atoms. The van der Waals surface area contributed by atoms with Crippen molar-refractivity contribution < 1.29 is 28.6 Å². The van der Waals surface area contributed by atoms with Crippen molar-refractivity contribution in [3.05, 3.63) is 146 Å². The summed E-state index contributed by atoms with van der Waals surface area (Å²) in [4.78, 5) is 34.3. The molecule has 0 aliphatic rings. The highest BCUT2D eigenvalue weighted by molar-refractivity contribution is 5.82. The summed E-state index contributed by atoms with van der Waals surface area (Å²) < 4.78 is 15.5. The van der Waals surface area contributed by atoms with E-state index in [4.69, 9.17) is 14.2 Å². The number of hydrogen-bond acceptors (Lipinski definition) is 6. The summed E-state index contributed by atoms with van der Waals surface area (Å²) in [5.74, 6) is -1.36. The molecule has 0 bridgehead atoms. The zero-order valence-electron chi connectivity index (χ0n) is 24.5. The van der Waals surface area contributed by atoms with E-state index >= 15 is 0 Å². The van der Waals surface area contributed by atoms with E-state index in [2.05, 4.69) is 74.3 Å². The van der Waals surface area contributed by atoms with E-state index in [1.54, 1.807) is 0 Å². The Hall–Kier alpha value is -5.49. The molecule has 0 N–H and O–H groups in total. The van der Waals surface area contributed by atoms with E-state index in [9.17, 15) is 14.4 Å². The fraction of sp³-hybridized carbons (Fsp3) is 0.132. The number of benzene rings is 4. The Balaban J connectivity index is 1.52. The summed E-state index contributed by atoms with van der Waals surface area (Å²) in [5.41, 5.74) is 9.26. The number of carbonyl (C=O) groups excluding carboxylic acids is 3. The molecular formula is C38H34O6. The molecule has 4 aromatic rings. The third-order valence-electron chi connectivity index (χ3n) is 6.91. The molecule has 0 radical (unpaired) electrons. The van der Waals surface area contributed by atoms with Crippen molar-refractivity contribution in [2.45, 2.75) is 19.4 Å². The Bertz CT molecular complexity index is 1600. The number of rotatable bonds is 14. The normalized spacial score (nSPS) is 10.4. The van der Waals surface area contributed by atoms with Gasteiger partial charge in [-0.15, -0.1) is 0 Å². The molecular weight excluding hydrogens is 552 g/mol. The number of esters is 3. The Morgan fingerprint density at radius 2 is 0.909 bits per heavy atom. The van der Waals surface area contributed by atoms with Crippen molar-refractivity contribution in [1.29, 1.82) is 0 Å². The first-order valence-electron chi connectivity index (χ1n) is 14.2. The minimum absolute atomic E-state index is 0.202. The average molecular weight is 587 g/mol. The molecule has 0 atom stereocenters. The van der Waals surface area contributed by atoms with Gasteiger partial charge in [-0.05, 0) is 56.1 Å². The van der Waals surface area contributed by atoms with E-state index in [-0.39, 0.29) is 19.8 Å². The average Bonchev–Trinajstić information content (AvgIpc) is 3.07. The van der Waals surface area contributed by atoms with Gasteiger partial charge in [0, 0.05) is 31.1 Å². The highest BCUT2D eigenvalue weighted by Crippen LogP contribution is 2.30. The minimum atomic E-state index is -0.457. The Morgan fingerprint density at radius 1 is 0.477 bits per heavy atom. The number of carbonyl (C=O) groups is 3. The van der Waals surface area contributed by atoms with Crippen LogP contribution in [0.4, 0.5) is 0 Å². The van der Waals surface area contributed by atoms with Crippen LogP contribution in [0.1, 0.15) is 16.7 Å². The predicted molar refractivity (Wildman–Crippen MR) is 172 cm³/mol. The lowest BCUT2D eigenvalue weighted by Crippen LogP contribution is -2.06. The van der Waals surface area contributed by atoms with Gasteiger partial charge < -0.3 is 14.2 Å². The first kappa shape index (κ1) is 31.4. The fourth-order valence-corrected chi connectivity index (χ4v) is 4.62. The summed E-state index contributed by atoms with van der Waals surface area (Å²) in [6, 6.07) is 30.8. The molecule has 0 aliphatic heterocycles. The molecule has 0 aromatic heterocycles. The van der Waals surface area contributed by atoms with Crippen LogP contribution in [0.25, 0.3) is 33.4 Å². The van der Waals surface area contributed by atoms with E-state index < -0.39 is 17.9 Å². The van der Waals surface area contributed by atoms with Crippen LogP contribution in [-0.4, -0.2) is 31.1 Å². The monoisotopic (exact) mass is 586 g/mol. The molecule has 0 aliphatic carbocycles. The summed E-state index contributed by atoms with van der Waals surface area (Å²) in [7, 11) is 0. The molecule has 0 amide bonds. The predicted octanol–water partition coefficient (Wildman–Crippen LogP) is 7.46. The third-order valence-corrected chi connectivity index (χ3v) is 6.91. The zero-order chi connectivity index (χ0) is 31.3. The van der Waals surface area contributed by atoms with Crippen molar-refractivity contribution in [3.63, 3.8) is 0 Å². The van der Waals surface area contributed by atoms with Gasteiger partial charge in [-0.25, -0.2) is 14.4 Å². The molecule has 4 aromatic carbocycles. The van der Waals surface area contributed by atoms with Crippen LogP contribution in [0.2, 0.25) is 0 Å². The van der Waals surface area contributed by atoms with Crippen LogP contribution in [-0.2, 0) is 48.0 Å². The highest BCUT2D eigenvalue weighted by Gasteiger charge is 2.08. The van der Waals surface area contributed by atoms with Crippen molar-refractivity contribution in [2.24, 2.45) is 0 Å². The second-order valence-corrected chi connectivity index (χ2v) is 9.95. The van der Waals surface area contributed by atoms with Gasteiger partial charge in [-0.2, -0.15) is 0 Å². The summed E-state index contributed by atoms with van der Waals surface area (Å²) in [6.45, 7) is 11.0. The molecule has 0 spiro atoms. The molecule has 0 fully saturated rings. The van der Waals surface area contributed by atoms with Crippen LogP contribution >= 0.6 is 0 Å². The second kappa shape index (κ2) is 15.7. The van der Waals surface area contributed by atoms with Gasteiger partial charge >= 0.3 is 17.9 Å². The van der Waals surface area contributed by atoms with E-state index in [1.165, 1.54) is 0 Å². The van der Waals surface area contributed by atoms with Gasteiger partial charge in [-0.3, -0.25) is 0 Å². The highest BCUT2D eigenvalue weighted by atomic mass is 16.5. The van der Waals surface area contributed by atoms with E-state index in [0.717, 1.165) is 68.3 Å². The lowest BCUT2D eigenvalue weighted by Gasteiger charge is -2.12. The van der Waals surface area contributed by atoms with Crippen molar-refractivity contribution in [2.75, 3.05) is 13.2 Å². The van der Waals surface area contributed by atoms with Gasteiger partial charge in [0.1, 0.15) is 6.61 Å². The topological polar surface area (TPSA) is 78.9 Å². The van der Waals surface area contributed by atoms with Crippen LogP contribution in [0, 0.1) is 0 Å². The molecule has 6 nitrogen and oxygen atoms in total. The van der Waals surface area contributed by atoms with Gasteiger partial charge in [0.2, 0.25) is 0 Å². The lowest BCUT2D eigenvalue weighted by atomic mass is 9.94. The lowest BCUT2D eigenvalue weighted by molar-refractivity contribution is -0.139. The molecule has 0 heterocycles. The molecule has 0 saturated heterocycles. The first-order chi connectivity index (χ1) is 21.4. The Morgan fingerprint density at radius 3 is 1.39 bits per heavy atom. The maximum absolute atomic E-state index is 11.5. The summed E-state index contributed by atoms with van der Waals surface area (Å²) in [6.07, 6.45) is 4.53. The van der Waals surface area contributed by atoms with Gasteiger partial charge in [0.25, 0.3) is 0 Å². The van der Waals surface area contributed by atoms with Crippen LogP contribution in [0.5, 0.6) is 0 Å². The maximum atomic E-state index is 11.5. The zero-order valence-corrected chi connectivity index (χ0v) is 24.5. The second-order valence-electron chi connectivity index (χ2n) is 9.95. The van der Waals surface area contributed by atoms with Gasteiger partial charge in [-0.1, -0.05) is 105 Å². The third kappa shape index (κ3) is 9.00. The first-order valence-corrected chi connectivity index (χ1v) is 14.2. The number of ether oxygens (including phenoxy) is 3. The van der Waals surface area contributed by atoms with Gasteiger partial charge in [0.15, 0.2) is 0 Å². The Kier molecular flexibility index (Phi) is 11.2. The fourth-order valence-electron chi connectivity index (χ4n) is 4.62. The standard InChI is InChI=1S/C38H34O6/c1-4-36(39)42-20-18-28-22-29(19-21-43-37(40)5-2)24-35(23-28)32-16-14-31(15-17-32)34-9-7-8-33(25-34)30-12-10-27(11-13-30)26-44-38(41)6-3/h4-17,22-25H,1-3,18-21,26H2. The van der Waals surface area contributed by atoms with Crippen molar-refractivity contribution in [1.82, 2.24) is 0 Å². The van der Waals surface area contributed by atoms with Gasteiger partial charge in [0.05, 0.1) is 13.2 Å². The largest absolute Gasteiger partial charge is 0.462 e. The molecule has 6 heteroatoms. The summed E-state index contributed by atoms with van der Waals surface area (Å²) >= 11 is 0. The molecule has 4 rings (SSSR count). The number of hydrogen-bond donors (Lipinski definition) is 0. The molecule has 0 saturated carbocycles. The van der Waals surface area contributed by atoms with Crippen LogP contribution in [0.15, 0.2) is 129 Å².